The predicted molar refractivity (Wildman–Crippen MR) is 128 cm³/mol. The Morgan fingerprint density at radius 2 is 1.94 bits per heavy atom. The molecule has 3 amide bonds. The van der Waals surface area contributed by atoms with Crippen LogP contribution in [0.1, 0.15) is 44.9 Å². The number of carbonyl (C=O) groups excluding carboxylic acids is 3. The highest BCUT2D eigenvalue weighted by Crippen LogP contribution is 2.26. The molecular formula is C23H28BN3O4S. The molecule has 0 aliphatic carbocycles. The molecule has 2 aromatic rings. The Hall–Kier alpha value is -2.65. The van der Waals surface area contributed by atoms with Crippen molar-refractivity contribution < 1.29 is 19.1 Å². The van der Waals surface area contributed by atoms with E-state index in [1.807, 2.05) is 43.9 Å². The van der Waals surface area contributed by atoms with E-state index in [9.17, 15) is 14.4 Å². The zero-order valence-corrected chi connectivity index (χ0v) is 19.5. The first-order valence-electron chi connectivity index (χ1n) is 11.0. The van der Waals surface area contributed by atoms with Gasteiger partial charge in [-0.2, -0.15) is 0 Å². The lowest BCUT2D eigenvalue weighted by atomic mass is 10.0. The van der Waals surface area contributed by atoms with Crippen LogP contribution in [0.15, 0.2) is 30.3 Å². The minimum Gasteiger partial charge on any atom is -0.381 e. The summed E-state index contributed by atoms with van der Waals surface area (Å²) in [5, 5.41) is 2.97. The van der Waals surface area contributed by atoms with Crippen LogP contribution in [0.2, 0.25) is 0 Å². The van der Waals surface area contributed by atoms with Crippen molar-refractivity contribution in [2.75, 3.05) is 31.6 Å². The van der Waals surface area contributed by atoms with Crippen LogP contribution in [0.5, 0.6) is 0 Å². The average molecular weight is 453 g/mol. The SMILES string of the molecule is Bc1ccc(C(=O)NC2CC(=O)N(c3ccc(C(=O)N4CCC(OC)CC4)c(C)c3)C2)s1. The number of aryl methyl sites for hydroxylation is 1. The molecule has 2 saturated heterocycles. The van der Waals surface area contributed by atoms with Crippen molar-refractivity contribution in [3.8, 4) is 0 Å². The van der Waals surface area contributed by atoms with Gasteiger partial charge in [0.1, 0.15) is 0 Å². The molecule has 4 rings (SSSR count). The average Bonchev–Trinajstić information content (AvgIpc) is 3.38. The third-order valence-corrected chi connectivity index (χ3v) is 7.24. The van der Waals surface area contributed by atoms with Crippen LogP contribution < -0.4 is 15.0 Å². The quantitative estimate of drug-likeness (QED) is 0.688. The second-order valence-electron chi connectivity index (χ2n) is 8.52. The largest absolute Gasteiger partial charge is 0.381 e. The Balaban J connectivity index is 1.40. The van der Waals surface area contributed by atoms with Gasteiger partial charge in [0, 0.05) is 44.4 Å². The number of nitrogens with one attached hydrogen (secondary N) is 1. The molecule has 1 atom stereocenters. The van der Waals surface area contributed by atoms with E-state index in [4.69, 9.17) is 4.74 Å². The zero-order valence-electron chi connectivity index (χ0n) is 18.7. The molecule has 3 heterocycles. The molecule has 0 saturated carbocycles. The third-order valence-electron chi connectivity index (χ3n) is 6.24. The molecule has 168 valence electrons. The first kappa shape index (κ1) is 22.5. The molecule has 1 aromatic carbocycles. The van der Waals surface area contributed by atoms with Gasteiger partial charge in [0.15, 0.2) is 7.85 Å². The highest BCUT2D eigenvalue weighted by Gasteiger charge is 2.32. The standard InChI is InChI=1S/C23H28BN3O4S/c1-14-11-16(3-4-18(14)23(30)26-9-7-17(31-2)8-10-26)27-13-15(12-21(27)28)25-22(29)19-5-6-20(24)32-19/h3-6,11,15,17H,7-10,12-13,24H2,1-2H3,(H,25,29). The van der Waals surface area contributed by atoms with Gasteiger partial charge in [-0.3, -0.25) is 14.4 Å². The van der Waals surface area contributed by atoms with Crippen LogP contribution in [0, 0.1) is 6.92 Å². The summed E-state index contributed by atoms with van der Waals surface area (Å²) in [6, 6.07) is 9.01. The van der Waals surface area contributed by atoms with Crippen molar-refractivity contribution >= 4 is 47.4 Å². The molecule has 0 radical (unpaired) electrons. The molecule has 2 aliphatic heterocycles. The number of carbonyl (C=O) groups is 3. The van der Waals surface area contributed by atoms with Gasteiger partial charge in [0.2, 0.25) is 5.91 Å². The van der Waals surface area contributed by atoms with Crippen LogP contribution in [0.25, 0.3) is 0 Å². The highest BCUT2D eigenvalue weighted by atomic mass is 32.1. The fourth-order valence-electron chi connectivity index (χ4n) is 4.39. The number of amides is 3. The molecule has 1 N–H and O–H groups in total. The van der Waals surface area contributed by atoms with E-state index >= 15 is 0 Å². The minimum atomic E-state index is -0.235. The maximum absolute atomic E-state index is 13.0. The van der Waals surface area contributed by atoms with Crippen LogP contribution in [-0.4, -0.2) is 69.4 Å². The summed E-state index contributed by atoms with van der Waals surface area (Å²) in [6.45, 7) is 3.70. The first-order chi connectivity index (χ1) is 15.4. The second kappa shape index (κ2) is 9.46. The smallest absolute Gasteiger partial charge is 0.261 e. The van der Waals surface area contributed by atoms with Gasteiger partial charge in [-0.15, -0.1) is 11.3 Å². The van der Waals surface area contributed by atoms with Crippen molar-refractivity contribution in [2.24, 2.45) is 0 Å². The lowest BCUT2D eigenvalue weighted by Gasteiger charge is -2.31. The van der Waals surface area contributed by atoms with Crippen LogP contribution in [0.4, 0.5) is 5.69 Å². The van der Waals surface area contributed by atoms with E-state index in [0.717, 1.165) is 28.9 Å². The number of anilines is 1. The number of hydrogen-bond acceptors (Lipinski definition) is 5. The Morgan fingerprint density at radius 3 is 2.56 bits per heavy atom. The van der Waals surface area contributed by atoms with Gasteiger partial charge < -0.3 is 19.9 Å². The summed E-state index contributed by atoms with van der Waals surface area (Å²) in [7, 11) is 3.67. The van der Waals surface area contributed by atoms with Crippen LogP contribution in [-0.2, 0) is 9.53 Å². The Labute approximate surface area is 193 Å². The summed E-state index contributed by atoms with van der Waals surface area (Å²) in [6.07, 6.45) is 2.19. The number of rotatable bonds is 5. The Bertz CT molecular complexity index is 1030. The van der Waals surface area contributed by atoms with Gasteiger partial charge in [-0.25, -0.2) is 0 Å². The summed E-state index contributed by atoms with van der Waals surface area (Å²) in [4.78, 5) is 42.3. The van der Waals surface area contributed by atoms with E-state index in [0.29, 0.717) is 30.1 Å². The van der Waals surface area contributed by atoms with Crippen LogP contribution in [0.3, 0.4) is 0 Å². The van der Waals surface area contributed by atoms with Crippen LogP contribution >= 0.6 is 11.3 Å². The molecule has 0 spiro atoms. The predicted octanol–water partition coefficient (Wildman–Crippen LogP) is 1.10. The first-order valence-corrected chi connectivity index (χ1v) is 11.8. The fraction of sp³-hybridized carbons (Fsp3) is 0.435. The maximum atomic E-state index is 13.0. The van der Waals surface area contributed by atoms with Crippen molar-refractivity contribution in [3.63, 3.8) is 0 Å². The second-order valence-corrected chi connectivity index (χ2v) is 9.80. The number of ether oxygens (including phenoxy) is 1. The molecule has 32 heavy (non-hydrogen) atoms. The zero-order chi connectivity index (χ0) is 22.8. The minimum absolute atomic E-state index is 0.0210. The summed E-state index contributed by atoms with van der Waals surface area (Å²) >= 11 is 1.44. The summed E-state index contributed by atoms with van der Waals surface area (Å²) < 4.78 is 6.47. The normalized spacial score (nSPS) is 19.4. The van der Waals surface area contributed by atoms with E-state index in [2.05, 4.69) is 5.32 Å². The number of piperidine rings is 1. The van der Waals surface area contributed by atoms with Crippen molar-refractivity contribution in [3.05, 3.63) is 46.3 Å². The van der Waals surface area contributed by atoms with E-state index in [-0.39, 0.29) is 36.3 Å². The number of nitrogens with zero attached hydrogens (tertiary/aromatic N) is 2. The van der Waals surface area contributed by atoms with Crippen molar-refractivity contribution in [1.29, 1.82) is 0 Å². The number of thiophene rings is 1. The summed E-state index contributed by atoms with van der Waals surface area (Å²) in [5.41, 5.74) is 2.26. The van der Waals surface area contributed by atoms with Gasteiger partial charge in [-0.05, 0) is 54.4 Å². The number of benzene rings is 1. The van der Waals surface area contributed by atoms with E-state index in [1.54, 1.807) is 18.1 Å². The molecule has 1 unspecified atom stereocenters. The molecule has 2 fully saturated rings. The maximum Gasteiger partial charge on any atom is 0.261 e. The number of hydrogen-bond donors (Lipinski definition) is 1. The molecule has 9 heteroatoms. The van der Waals surface area contributed by atoms with Gasteiger partial charge >= 0.3 is 0 Å². The number of methoxy groups -OCH3 is 1. The Morgan fingerprint density at radius 1 is 1.19 bits per heavy atom. The highest BCUT2D eigenvalue weighted by molar-refractivity contribution is 7.21. The fourth-order valence-corrected chi connectivity index (χ4v) is 5.16. The van der Waals surface area contributed by atoms with Crippen molar-refractivity contribution in [2.45, 2.75) is 38.3 Å². The molecule has 7 nitrogen and oxygen atoms in total. The summed E-state index contributed by atoms with van der Waals surface area (Å²) in [5.74, 6) is -0.150. The third kappa shape index (κ3) is 4.73. The van der Waals surface area contributed by atoms with Crippen molar-refractivity contribution in [1.82, 2.24) is 10.2 Å². The Kier molecular flexibility index (Phi) is 6.67. The van der Waals surface area contributed by atoms with E-state index < -0.39 is 0 Å². The van der Waals surface area contributed by atoms with Gasteiger partial charge in [-0.1, -0.05) is 6.07 Å². The number of likely N-dealkylation sites (tertiary alicyclic amines) is 1. The molecule has 1 aromatic heterocycles. The lowest BCUT2D eigenvalue weighted by Crippen LogP contribution is -2.40. The van der Waals surface area contributed by atoms with Gasteiger partial charge in [0.05, 0.1) is 17.0 Å². The monoisotopic (exact) mass is 453 g/mol. The van der Waals surface area contributed by atoms with Gasteiger partial charge in [0.25, 0.3) is 11.8 Å². The van der Waals surface area contributed by atoms with E-state index in [1.165, 1.54) is 11.3 Å². The molecule has 2 aliphatic rings. The topological polar surface area (TPSA) is 79.0 Å². The molecular weight excluding hydrogens is 425 g/mol. The lowest BCUT2D eigenvalue weighted by molar-refractivity contribution is -0.117. The molecule has 0 bridgehead atoms.